The first-order valence-corrected chi connectivity index (χ1v) is 5.68. The number of nitro groups is 1. The molecule has 0 unspecified atom stereocenters. The van der Waals surface area contributed by atoms with Crippen LogP contribution in [0.5, 0.6) is 5.75 Å². The van der Waals surface area contributed by atoms with E-state index >= 15 is 0 Å². The van der Waals surface area contributed by atoms with E-state index in [0.29, 0.717) is 0 Å². The fourth-order valence-electron chi connectivity index (χ4n) is 1.74. The second-order valence-electron chi connectivity index (χ2n) is 4.84. The lowest BCUT2D eigenvalue weighted by molar-refractivity contribution is -0.384. The van der Waals surface area contributed by atoms with Crippen LogP contribution >= 0.6 is 0 Å². The Kier molecular flexibility index (Phi) is 4.49. The maximum Gasteiger partial charge on any atom is 0.305 e. The van der Waals surface area contributed by atoms with Crippen molar-refractivity contribution in [2.45, 2.75) is 25.8 Å². The molecule has 110 valence electrons. The van der Waals surface area contributed by atoms with Crippen LogP contribution in [-0.4, -0.2) is 28.6 Å². The SMILES string of the molecule is COc1cc(NC(C)(C)CC(=O)O)c([N+](=O)[O-])cc1F. The van der Waals surface area contributed by atoms with Gasteiger partial charge < -0.3 is 15.2 Å². The third-order valence-electron chi connectivity index (χ3n) is 2.53. The van der Waals surface area contributed by atoms with Gasteiger partial charge in [-0.25, -0.2) is 4.39 Å². The lowest BCUT2D eigenvalue weighted by Crippen LogP contribution is -2.33. The van der Waals surface area contributed by atoms with Crippen molar-refractivity contribution >= 4 is 17.3 Å². The van der Waals surface area contributed by atoms with Crippen molar-refractivity contribution in [3.05, 3.63) is 28.1 Å². The molecule has 20 heavy (non-hydrogen) atoms. The molecule has 1 aromatic rings. The summed E-state index contributed by atoms with van der Waals surface area (Å²) in [6.07, 6.45) is -0.260. The van der Waals surface area contributed by atoms with Gasteiger partial charge in [-0.2, -0.15) is 0 Å². The molecule has 0 saturated heterocycles. The fourth-order valence-corrected chi connectivity index (χ4v) is 1.74. The summed E-state index contributed by atoms with van der Waals surface area (Å²) in [7, 11) is 1.23. The zero-order valence-electron chi connectivity index (χ0n) is 11.3. The van der Waals surface area contributed by atoms with Gasteiger partial charge in [-0.15, -0.1) is 0 Å². The molecule has 0 radical (unpaired) electrons. The van der Waals surface area contributed by atoms with Crippen LogP contribution < -0.4 is 10.1 Å². The molecule has 0 aliphatic rings. The quantitative estimate of drug-likeness (QED) is 0.615. The van der Waals surface area contributed by atoms with E-state index in [9.17, 15) is 19.3 Å². The number of hydrogen-bond donors (Lipinski definition) is 2. The molecule has 0 spiro atoms. The van der Waals surface area contributed by atoms with Gasteiger partial charge in [-0.1, -0.05) is 0 Å². The van der Waals surface area contributed by atoms with Gasteiger partial charge in [0.2, 0.25) is 0 Å². The molecule has 0 fully saturated rings. The predicted octanol–water partition coefficient (Wildman–Crippen LogP) is 2.41. The van der Waals surface area contributed by atoms with Crippen molar-refractivity contribution in [1.82, 2.24) is 0 Å². The van der Waals surface area contributed by atoms with Crippen LogP contribution in [0.4, 0.5) is 15.8 Å². The first-order valence-electron chi connectivity index (χ1n) is 5.68. The van der Waals surface area contributed by atoms with Crippen LogP contribution in [0.25, 0.3) is 0 Å². The molecule has 0 heterocycles. The van der Waals surface area contributed by atoms with Crippen molar-refractivity contribution < 1.29 is 24.0 Å². The van der Waals surface area contributed by atoms with E-state index in [0.717, 1.165) is 12.1 Å². The van der Waals surface area contributed by atoms with Crippen LogP contribution in [0.3, 0.4) is 0 Å². The van der Waals surface area contributed by atoms with Crippen LogP contribution in [0.15, 0.2) is 12.1 Å². The maximum atomic E-state index is 13.5. The van der Waals surface area contributed by atoms with Gasteiger partial charge in [0.1, 0.15) is 5.69 Å². The van der Waals surface area contributed by atoms with Gasteiger partial charge in [0.15, 0.2) is 11.6 Å². The van der Waals surface area contributed by atoms with Crippen molar-refractivity contribution in [2.24, 2.45) is 0 Å². The highest BCUT2D eigenvalue weighted by molar-refractivity contribution is 5.71. The molecule has 0 aliphatic heterocycles. The van der Waals surface area contributed by atoms with Gasteiger partial charge in [0.05, 0.1) is 24.5 Å². The summed E-state index contributed by atoms with van der Waals surface area (Å²) >= 11 is 0. The predicted molar refractivity (Wildman–Crippen MR) is 69.6 cm³/mol. The lowest BCUT2D eigenvalue weighted by Gasteiger charge is -2.25. The van der Waals surface area contributed by atoms with E-state index in [-0.39, 0.29) is 17.9 Å². The molecule has 7 nitrogen and oxygen atoms in total. The molecule has 1 aromatic carbocycles. The molecule has 0 amide bonds. The highest BCUT2D eigenvalue weighted by Crippen LogP contribution is 2.34. The largest absolute Gasteiger partial charge is 0.494 e. The number of rotatable bonds is 6. The van der Waals surface area contributed by atoms with Crippen molar-refractivity contribution in [2.75, 3.05) is 12.4 Å². The van der Waals surface area contributed by atoms with Crippen molar-refractivity contribution in [1.29, 1.82) is 0 Å². The Bertz CT molecular complexity index is 545. The van der Waals surface area contributed by atoms with Crippen LogP contribution in [0.1, 0.15) is 20.3 Å². The van der Waals surface area contributed by atoms with E-state index < -0.39 is 27.9 Å². The number of benzene rings is 1. The topological polar surface area (TPSA) is 102 Å². The third kappa shape index (κ3) is 3.81. The highest BCUT2D eigenvalue weighted by atomic mass is 19.1. The zero-order valence-corrected chi connectivity index (χ0v) is 11.3. The number of carbonyl (C=O) groups is 1. The minimum absolute atomic E-state index is 0.000463. The molecule has 0 aromatic heterocycles. The summed E-state index contributed by atoms with van der Waals surface area (Å²) in [5.41, 5.74) is -1.43. The average molecular weight is 286 g/mol. The molecular weight excluding hydrogens is 271 g/mol. The van der Waals surface area contributed by atoms with Gasteiger partial charge in [-0.3, -0.25) is 14.9 Å². The number of anilines is 1. The standard InChI is InChI=1S/C12H15FN2O5/c1-12(2,6-11(16)17)14-8-5-10(20-3)7(13)4-9(8)15(18)19/h4-5,14H,6H2,1-3H3,(H,16,17). The number of nitrogens with zero attached hydrogens (tertiary/aromatic N) is 1. The monoisotopic (exact) mass is 286 g/mol. The Morgan fingerprint density at radius 1 is 1.55 bits per heavy atom. The van der Waals surface area contributed by atoms with E-state index in [1.165, 1.54) is 7.11 Å². The number of nitrogens with one attached hydrogen (secondary N) is 1. The molecule has 8 heteroatoms. The second-order valence-corrected chi connectivity index (χ2v) is 4.84. The molecule has 0 saturated carbocycles. The Labute approximate surface area is 114 Å². The number of methoxy groups -OCH3 is 1. The first-order chi connectivity index (χ1) is 9.16. The number of aliphatic carboxylic acids is 1. The summed E-state index contributed by atoms with van der Waals surface area (Å²) in [4.78, 5) is 20.9. The Balaban J connectivity index is 3.21. The molecule has 1 rings (SSSR count). The normalized spacial score (nSPS) is 11.0. The zero-order chi connectivity index (χ0) is 15.5. The second kappa shape index (κ2) is 5.72. The van der Waals surface area contributed by atoms with E-state index in [2.05, 4.69) is 5.32 Å². The van der Waals surface area contributed by atoms with Gasteiger partial charge in [0, 0.05) is 11.6 Å². The Hall–Kier alpha value is -2.38. The van der Waals surface area contributed by atoms with E-state index in [1.54, 1.807) is 13.8 Å². The summed E-state index contributed by atoms with van der Waals surface area (Å²) in [5.74, 6) is -2.08. The van der Waals surface area contributed by atoms with Crippen LogP contribution in [0, 0.1) is 15.9 Å². The summed E-state index contributed by atoms with van der Waals surface area (Å²) in [6.45, 7) is 3.14. The molecule has 0 aliphatic carbocycles. The molecule has 2 N–H and O–H groups in total. The van der Waals surface area contributed by atoms with Crippen LogP contribution in [-0.2, 0) is 4.79 Å². The fraction of sp³-hybridized carbons (Fsp3) is 0.417. The minimum Gasteiger partial charge on any atom is -0.494 e. The number of carboxylic acid groups (broad SMARTS) is 1. The molecule has 0 bridgehead atoms. The van der Waals surface area contributed by atoms with Gasteiger partial charge >= 0.3 is 5.97 Å². The average Bonchev–Trinajstić information content (AvgIpc) is 2.28. The van der Waals surface area contributed by atoms with Gasteiger partial charge in [0.25, 0.3) is 5.69 Å². The number of halogens is 1. The number of carboxylic acids is 1. The number of hydrogen-bond acceptors (Lipinski definition) is 5. The Morgan fingerprint density at radius 3 is 2.60 bits per heavy atom. The molecule has 0 atom stereocenters. The van der Waals surface area contributed by atoms with Crippen molar-refractivity contribution in [3.63, 3.8) is 0 Å². The van der Waals surface area contributed by atoms with E-state index in [4.69, 9.17) is 9.84 Å². The van der Waals surface area contributed by atoms with Crippen molar-refractivity contribution in [3.8, 4) is 5.75 Å². The molecular formula is C12H15FN2O5. The summed E-state index contributed by atoms with van der Waals surface area (Å²) < 4.78 is 18.2. The van der Waals surface area contributed by atoms with Crippen LogP contribution in [0.2, 0.25) is 0 Å². The maximum absolute atomic E-state index is 13.5. The number of nitro benzene ring substituents is 1. The lowest BCUT2D eigenvalue weighted by atomic mass is 10.00. The minimum atomic E-state index is -1.06. The highest BCUT2D eigenvalue weighted by Gasteiger charge is 2.27. The smallest absolute Gasteiger partial charge is 0.305 e. The third-order valence-corrected chi connectivity index (χ3v) is 2.53. The Morgan fingerprint density at radius 2 is 2.15 bits per heavy atom. The van der Waals surface area contributed by atoms with E-state index in [1.807, 2.05) is 0 Å². The summed E-state index contributed by atoms with van der Waals surface area (Å²) in [6, 6.07) is 1.87. The first kappa shape index (κ1) is 15.7. The number of ether oxygens (including phenoxy) is 1. The summed E-state index contributed by atoms with van der Waals surface area (Å²) in [5, 5.41) is 22.4. The van der Waals surface area contributed by atoms with Gasteiger partial charge in [-0.05, 0) is 13.8 Å².